The number of ether oxygens (including phenoxy) is 1. The monoisotopic (exact) mass is 229 g/mol. The van der Waals surface area contributed by atoms with Crippen LogP contribution in [0.4, 0.5) is 0 Å². The number of aromatic nitrogens is 2. The van der Waals surface area contributed by atoms with E-state index in [1.807, 2.05) is 14.0 Å². The summed E-state index contributed by atoms with van der Waals surface area (Å²) in [5.74, 6) is 0. The molecule has 0 spiro atoms. The number of nitrogens with zero attached hydrogens (tertiary/aromatic N) is 2. The number of nitrogens with one attached hydrogen (secondary N) is 1. The first-order valence-corrected chi connectivity index (χ1v) is 6.16. The minimum Gasteiger partial charge on any atom is -0.380 e. The first-order chi connectivity index (χ1) is 7.33. The average molecular weight is 229 g/mol. The summed E-state index contributed by atoms with van der Waals surface area (Å²) in [6.07, 6.45) is 2.10. The van der Waals surface area contributed by atoms with Crippen molar-refractivity contribution in [1.82, 2.24) is 14.9 Å². The van der Waals surface area contributed by atoms with Crippen LogP contribution in [0.25, 0.3) is 0 Å². The third-order valence-corrected chi connectivity index (χ3v) is 3.11. The summed E-state index contributed by atoms with van der Waals surface area (Å²) in [4.78, 5) is 1.22. The molecular formula is C10H19N3OS. The van der Waals surface area contributed by atoms with E-state index in [0.29, 0.717) is 6.61 Å². The molecule has 0 amide bonds. The van der Waals surface area contributed by atoms with E-state index in [2.05, 4.69) is 21.8 Å². The minimum atomic E-state index is 0.228. The van der Waals surface area contributed by atoms with Gasteiger partial charge in [-0.3, -0.25) is 0 Å². The van der Waals surface area contributed by atoms with E-state index in [0.717, 1.165) is 25.1 Å². The summed E-state index contributed by atoms with van der Waals surface area (Å²) in [7, 11) is 1.94. The van der Waals surface area contributed by atoms with Crippen LogP contribution in [0.5, 0.6) is 0 Å². The quantitative estimate of drug-likeness (QED) is 0.774. The summed E-state index contributed by atoms with van der Waals surface area (Å²) in [5, 5.41) is 7.40. The van der Waals surface area contributed by atoms with E-state index in [-0.39, 0.29) is 6.04 Å². The Kier molecular flexibility index (Phi) is 5.75. The van der Waals surface area contributed by atoms with Crippen LogP contribution in [0.15, 0.2) is 0 Å². The number of hydrogen-bond donors (Lipinski definition) is 1. The molecule has 0 aliphatic rings. The van der Waals surface area contributed by atoms with Crippen molar-refractivity contribution in [3.05, 3.63) is 10.6 Å². The molecule has 86 valence electrons. The molecule has 5 heteroatoms. The summed E-state index contributed by atoms with van der Waals surface area (Å²) < 4.78 is 9.45. The Hall–Kier alpha value is -0.520. The van der Waals surface area contributed by atoms with Crippen LogP contribution in [0.2, 0.25) is 0 Å². The van der Waals surface area contributed by atoms with Crippen molar-refractivity contribution < 1.29 is 4.74 Å². The molecule has 0 fully saturated rings. The Morgan fingerprint density at radius 3 is 2.87 bits per heavy atom. The van der Waals surface area contributed by atoms with Crippen LogP contribution < -0.4 is 5.32 Å². The smallest absolute Gasteiger partial charge is 0.0804 e. The molecule has 0 saturated carbocycles. The van der Waals surface area contributed by atoms with Crippen LogP contribution in [0.3, 0.4) is 0 Å². The predicted molar refractivity (Wildman–Crippen MR) is 62.2 cm³/mol. The lowest BCUT2D eigenvalue weighted by Crippen LogP contribution is -2.22. The maximum absolute atomic E-state index is 5.43. The molecule has 1 rings (SSSR count). The van der Waals surface area contributed by atoms with Gasteiger partial charge in [0.2, 0.25) is 0 Å². The third kappa shape index (κ3) is 3.52. The fourth-order valence-corrected chi connectivity index (χ4v) is 2.20. The fourth-order valence-electron chi connectivity index (χ4n) is 1.42. The molecule has 1 N–H and O–H groups in total. The van der Waals surface area contributed by atoms with Gasteiger partial charge < -0.3 is 10.1 Å². The molecule has 0 aromatic carbocycles. The average Bonchev–Trinajstić information content (AvgIpc) is 2.68. The van der Waals surface area contributed by atoms with Gasteiger partial charge in [0.1, 0.15) is 0 Å². The van der Waals surface area contributed by atoms with E-state index < -0.39 is 0 Å². The van der Waals surface area contributed by atoms with Gasteiger partial charge in [-0.25, -0.2) is 0 Å². The molecule has 1 aromatic rings. The van der Waals surface area contributed by atoms with Gasteiger partial charge in [0.05, 0.1) is 23.2 Å². The van der Waals surface area contributed by atoms with Gasteiger partial charge in [0, 0.05) is 6.61 Å². The lowest BCUT2D eigenvalue weighted by molar-refractivity contribution is 0.126. The molecule has 1 heterocycles. The van der Waals surface area contributed by atoms with E-state index in [1.165, 1.54) is 16.4 Å². The van der Waals surface area contributed by atoms with Crippen LogP contribution in [0, 0.1) is 0 Å². The zero-order valence-corrected chi connectivity index (χ0v) is 10.4. The van der Waals surface area contributed by atoms with Crippen molar-refractivity contribution >= 4 is 11.5 Å². The highest BCUT2D eigenvalue weighted by molar-refractivity contribution is 7.05. The van der Waals surface area contributed by atoms with Crippen molar-refractivity contribution in [2.75, 3.05) is 20.3 Å². The van der Waals surface area contributed by atoms with Crippen LogP contribution in [0.1, 0.15) is 36.9 Å². The van der Waals surface area contributed by atoms with Gasteiger partial charge in [-0.15, -0.1) is 5.10 Å². The molecule has 0 aliphatic heterocycles. The van der Waals surface area contributed by atoms with Gasteiger partial charge >= 0.3 is 0 Å². The largest absolute Gasteiger partial charge is 0.380 e. The van der Waals surface area contributed by atoms with Gasteiger partial charge in [-0.2, -0.15) is 0 Å². The summed E-state index contributed by atoms with van der Waals surface area (Å²) in [5.41, 5.74) is 1.11. The maximum Gasteiger partial charge on any atom is 0.0804 e. The molecule has 0 saturated heterocycles. The van der Waals surface area contributed by atoms with Crippen molar-refractivity contribution in [2.24, 2.45) is 0 Å². The number of aryl methyl sites for hydroxylation is 1. The van der Waals surface area contributed by atoms with Crippen molar-refractivity contribution in [3.8, 4) is 0 Å². The first-order valence-electron chi connectivity index (χ1n) is 5.39. The Bertz CT molecular complexity index is 277. The topological polar surface area (TPSA) is 47.0 Å². The number of rotatable bonds is 7. The van der Waals surface area contributed by atoms with Gasteiger partial charge in [0.25, 0.3) is 0 Å². The molecule has 4 nitrogen and oxygen atoms in total. The zero-order valence-electron chi connectivity index (χ0n) is 9.62. The third-order valence-electron chi connectivity index (χ3n) is 2.23. The van der Waals surface area contributed by atoms with Gasteiger partial charge in [-0.05, 0) is 31.9 Å². The maximum atomic E-state index is 5.43. The highest BCUT2D eigenvalue weighted by Crippen LogP contribution is 2.21. The first kappa shape index (κ1) is 12.5. The van der Waals surface area contributed by atoms with Crippen LogP contribution in [-0.4, -0.2) is 29.8 Å². The normalized spacial score (nSPS) is 13.0. The second-order valence-corrected chi connectivity index (χ2v) is 4.12. The molecule has 0 radical (unpaired) electrons. The standard InChI is InChI=1S/C10H19N3OS/c1-4-6-8-10(15-13-12-8)9(11-3)7-14-5-2/h9,11H,4-7H2,1-3H3. The Labute approximate surface area is 95.2 Å². The Balaban J connectivity index is 2.67. The molecule has 1 atom stereocenters. The van der Waals surface area contributed by atoms with E-state index in [4.69, 9.17) is 4.74 Å². The van der Waals surface area contributed by atoms with E-state index in [9.17, 15) is 0 Å². The van der Waals surface area contributed by atoms with E-state index in [1.54, 1.807) is 0 Å². The fraction of sp³-hybridized carbons (Fsp3) is 0.800. The Morgan fingerprint density at radius 2 is 2.27 bits per heavy atom. The predicted octanol–water partition coefficient (Wildman–Crippen LogP) is 1.79. The summed E-state index contributed by atoms with van der Waals surface area (Å²) >= 11 is 1.47. The molecule has 0 aliphatic carbocycles. The van der Waals surface area contributed by atoms with Gasteiger partial charge in [0.15, 0.2) is 0 Å². The van der Waals surface area contributed by atoms with Crippen molar-refractivity contribution in [2.45, 2.75) is 32.7 Å². The highest BCUT2D eigenvalue weighted by Gasteiger charge is 2.17. The molecular weight excluding hydrogens is 210 g/mol. The van der Waals surface area contributed by atoms with Crippen molar-refractivity contribution in [3.63, 3.8) is 0 Å². The molecule has 0 bridgehead atoms. The highest BCUT2D eigenvalue weighted by atomic mass is 32.1. The number of likely N-dealkylation sites (N-methyl/N-ethyl adjacent to an activating group) is 1. The Morgan fingerprint density at radius 1 is 1.47 bits per heavy atom. The lowest BCUT2D eigenvalue weighted by atomic mass is 10.1. The summed E-state index contributed by atoms with van der Waals surface area (Å²) in [6, 6.07) is 0.228. The second-order valence-electron chi connectivity index (χ2n) is 3.33. The zero-order chi connectivity index (χ0) is 11.1. The van der Waals surface area contributed by atoms with Crippen LogP contribution in [-0.2, 0) is 11.2 Å². The minimum absolute atomic E-state index is 0.228. The van der Waals surface area contributed by atoms with Crippen LogP contribution >= 0.6 is 11.5 Å². The second kappa shape index (κ2) is 6.87. The molecule has 1 unspecified atom stereocenters. The van der Waals surface area contributed by atoms with Gasteiger partial charge in [-0.1, -0.05) is 17.8 Å². The molecule has 15 heavy (non-hydrogen) atoms. The van der Waals surface area contributed by atoms with E-state index >= 15 is 0 Å². The lowest BCUT2D eigenvalue weighted by Gasteiger charge is -2.14. The summed E-state index contributed by atoms with van der Waals surface area (Å²) in [6.45, 7) is 5.59. The molecule has 1 aromatic heterocycles. The van der Waals surface area contributed by atoms with Crippen molar-refractivity contribution in [1.29, 1.82) is 0 Å². The SMILES string of the molecule is CCCc1nnsc1C(COCC)NC. The number of hydrogen-bond acceptors (Lipinski definition) is 5.